The molecular formula is C19H20N2O2S. The Morgan fingerprint density at radius 3 is 2.29 bits per heavy atom. The molecule has 24 heavy (non-hydrogen) atoms. The molecule has 2 rings (SSSR count). The quantitative estimate of drug-likeness (QED) is 0.626. The predicted octanol–water partition coefficient (Wildman–Crippen LogP) is 3.35. The van der Waals surface area contributed by atoms with Crippen LogP contribution in [0.2, 0.25) is 0 Å². The van der Waals surface area contributed by atoms with E-state index >= 15 is 0 Å². The van der Waals surface area contributed by atoms with Gasteiger partial charge in [-0.1, -0.05) is 24.3 Å². The maximum atomic E-state index is 12.0. The van der Waals surface area contributed by atoms with Crippen molar-refractivity contribution in [1.29, 1.82) is 0 Å². The molecule has 0 aromatic heterocycles. The molecule has 0 bridgehead atoms. The van der Waals surface area contributed by atoms with E-state index in [1.807, 2.05) is 42.7 Å². The summed E-state index contributed by atoms with van der Waals surface area (Å²) in [7, 11) is 1.61. The number of hydrogen-bond acceptors (Lipinski definition) is 3. The Labute approximate surface area is 146 Å². The van der Waals surface area contributed by atoms with Gasteiger partial charge in [0.2, 0.25) is 11.8 Å². The molecule has 2 amide bonds. The fraction of sp³-hybridized carbons (Fsp3) is 0.158. The van der Waals surface area contributed by atoms with Crippen molar-refractivity contribution in [3.05, 3.63) is 65.7 Å². The van der Waals surface area contributed by atoms with Crippen molar-refractivity contribution in [1.82, 2.24) is 5.32 Å². The Morgan fingerprint density at radius 1 is 1.04 bits per heavy atom. The minimum atomic E-state index is -0.192. The van der Waals surface area contributed by atoms with Gasteiger partial charge in [0, 0.05) is 23.7 Å². The number of rotatable bonds is 6. The van der Waals surface area contributed by atoms with E-state index in [2.05, 4.69) is 10.6 Å². The van der Waals surface area contributed by atoms with Crippen LogP contribution in [0.5, 0.6) is 0 Å². The summed E-state index contributed by atoms with van der Waals surface area (Å²) in [5, 5.41) is 5.38. The average molecular weight is 340 g/mol. The van der Waals surface area contributed by atoms with Gasteiger partial charge in [0.1, 0.15) is 0 Å². The van der Waals surface area contributed by atoms with Crippen LogP contribution in [0.25, 0.3) is 6.08 Å². The molecule has 5 heteroatoms. The van der Waals surface area contributed by atoms with Crippen molar-refractivity contribution >= 4 is 35.3 Å². The third kappa shape index (κ3) is 5.59. The van der Waals surface area contributed by atoms with Crippen LogP contribution in [-0.2, 0) is 16.0 Å². The van der Waals surface area contributed by atoms with E-state index in [1.54, 1.807) is 37.0 Å². The van der Waals surface area contributed by atoms with Gasteiger partial charge in [-0.25, -0.2) is 0 Å². The molecular weight excluding hydrogens is 320 g/mol. The second-order valence-electron chi connectivity index (χ2n) is 5.14. The standard InChI is InChI=1S/C19H20N2O2S/c1-20-19(23)13-15-3-8-16(9-4-15)21-18(22)12-7-14-5-10-17(24-2)11-6-14/h3-12H,13H2,1-2H3,(H,20,23)(H,21,22)/b12-7+. The molecule has 0 saturated carbocycles. The van der Waals surface area contributed by atoms with Gasteiger partial charge in [-0.05, 0) is 47.7 Å². The zero-order valence-electron chi connectivity index (χ0n) is 13.7. The van der Waals surface area contributed by atoms with Crippen LogP contribution < -0.4 is 10.6 Å². The summed E-state index contributed by atoms with van der Waals surface area (Å²) in [6.45, 7) is 0. The first kappa shape index (κ1) is 17.8. The number of carbonyl (C=O) groups excluding carboxylic acids is 2. The van der Waals surface area contributed by atoms with E-state index in [0.29, 0.717) is 12.1 Å². The van der Waals surface area contributed by atoms with Crippen LogP contribution in [0.4, 0.5) is 5.69 Å². The van der Waals surface area contributed by atoms with Gasteiger partial charge in [0.15, 0.2) is 0 Å². The topological polar surface area (TPSA) is 58.2 Å². The summed E-state index contributed by atoms with van der Waals surface area (Å²) >= 11 is 1.68. The highest BCUT2D eigenvalue weighted by Crippen LogP contribution is 2.15. The summed E-state index contributed by atoms with van der Waals surface area (Å²) in [5.41, 5.74) is 2.57. The maximum Gasteiger partial charge on any atom is 0.248 e. The number of thioether (sulfide) groups is 1. The van der Waals surface area contributed by atoms with Gasteiger partial charge in [0.05, 0.1) is 6.42 Å². The van der Waals surface area contributed by atoms with Crippen molar-refractivity contribution in [3.63, 3.8) is 0 Å². The highest BCUT2D eigenvalue weighted by molar-refractivity contribution is 7.98. The normalized spacial score (nSPS) is 10.6. The molecule has 0 fully saturated rings. The Bertz CT molecular complexity index is 722. The molecule has 0 unspecified atom stereocenters. The maximum absolute atomic E-state index is 12.0. The molecule has 0 aliphatic rings. The molecule has 124 valence electrons. The van der Waals surface area contributed by atoms with Gasteiger partial charge in [0.25, 0.3) is 0 Å². The monoisotopic (exact) mass is 340 g/mol. The van der Waals surface area contributed by atoms with Crippen LogP contribution in [0.3, 0.4) is 0 Å². The number of carbonyl (C=O) groups is 2. The Hall–Kier alpha value is -2.53. The highest BCUT2D eigenvalue weighted by Gasteiger charge is 2.02. The third-order valence-corrected chi connectivity index (χ3v) is 4.15. The number of benzene rings is 2. The van der Waals surface area contributed by atoms with Crippen LogP contribution >= 0.6 is 11.8 Å². The van der Waals surface area contributed by atoms with E-state index in [0.717, 1.165) is 11.1 Å². The van der Waals surface area contributed by atoms with Gasteiger partial charge in [-0.3, -0.25) is 9.59 Å². The number of amides is 2. The highest BCUT2D eigenvalue weighted by atomic mass is 32.2. The molecule has 0 radical (unpaired) electrons. The van der Waals surface area contributed by atoms with E-state index < -0.39 is 0 Å². The molecule has 2 N–H and O–H groups in total. The summed E-state index contributed by atoms with van der Waals surface area (Å²) in [5.74, 6) is -0.231. The number of nitrogens with one attached hydrogen (secondary N) is 2. The van der Waals surface area contributed by atoms with Gasteiger partial charge in [-0.2, -0.15) is 0 Å². The third-order valence-electron chi connectivity index (χ3n) is 3.41. The van der Waals surface area contributed by atoms with Crippen LogP contribution in [-0.4, -0.2) is 25.1 Å². The van der Waals surface area contributed by atoms with Crippen LogP contribution in [0.1, 0.15) is 11.1 Å². The van der Waals surface area contributed by atoms with Crippen LogP contribution in [0, 0.1) is 0 Å². The van der Waals surface area contributed by atoms with E-state index in [9.17, 15) is 9.59 Å². The molecule has 2 aromatic rings. The molecule has 0 spiro atoms. The van der Waals surface area contributed by atoms with Crippen molar-refractivity contribution in [2.45, 2.75) is 11.3 Å². The first-order valence-electron chi connectivity index (χ1n) is 7.53. The first-order valence-corrected chi connectivity index (χ1v) is 8.76. The van der Waals surface area contributed by atoms with E-state index in [1.165, 1.54) is 11.0 Å². The van der Waals surface area contributed by atoms with Gasteiger partial charge in [-0.15, -0.1) is 11.8 Å². The zero-order valence-corrected chi connectivity index (χ0v) is 14.5. The summed E-state index contributed by atoms with van der Waals surface area (Å²) in [6, 6.07) is 15.2. The fourth-order valence-electron chi connectivity index (χ4n) is 2.05. The number of anilines is 1. The Balaban J connectivity index is 1.91. The molecule has 2 aromatic carbocycles. The minimum Gasteiger partial charge on any atom is -0.359 e. The number of hydrogen-bond donors (Lipinski definition) is 2. The van der Waals surface area contributed by atoms with E-state index in [-0.39, 0.29) is 11.8 Å². The summed E-state index contributed by atoms with van der Waals surface area (Å²) in [4.78, 5) is 24.5. The molecule has 0 atom stereocenters. The molecule has 0 aliphatic carbocycles. The smallest absolute Gasteiger partial charge is 0.248 e. The van der Waals surface area contributed by atoms with Gasteiger partial charge < -0.3 is 10.6 Å². The lowest BCUT2D eigenvalue weighted by molar-refractivity contribution is -0.120. The second kappa shape index (κ2) is 8.93. The number of likely N-dealkylation sites (N-methyl/N-ethyl adjacent to an activating group) is 1. The molecule has 0 saturated heterocycles. The molecule has 0 heterocycles. The average Bonchev–Trinajstić information content (AvgIpc) is 2.62. The lowest BCUT2D eigenvalue weighted by Crippen LogP contribution is -2.19. The largest absolute Gasteiger partial charge is 0.359 e. The first-order chi connectivity index (χ1) is 11.6. The van der Waals surface area contributed by atoms with Crippen LogP contribution in [0.15, 0.2) is 59.5 Å². The van der Waals surface area contributed by atoms with Crippen molar-refractivity contribution < 1.29 is 9.59 Å². The fourth-order valence-corrected chi connectivity index (χ4v) is 2.46. The van der Waals surface area contributed by atoms with E-state index in [4.69, 9.17) is 0 Å². The Kier molecular flexibility index (Phi) is 6.63. The molecule has 0 aliphatic heterocycles. The Morgan fingerprint density at radius 2 is 1.71 bits per heavy atom. The summed E-state index contributed by atoms with van der Waals surface area (Å²) < 4.78 is 0. The van der Waals surface area contributed by atoms with Crippen molar-refractivity contribution in [2.75, 3.05) is 18.6 Å². The predicted molar refractivity (Wildman–Crippen MR) is 100 cm³/mol. The lowest BCUT2D eigenvalue weighted by atomic mass is 10.1. The van der Waals surface area contributed by atoms with Crippen molar-refractivity contribution in [3.8, 4) is 0 Å². The molecule has 4 nitrogen and oxygen atoms in total. The lowest BCUT2D eigenvalue weighted by Gasteiger charge is -2.04. The zero-order chi connectivity index (χ0) is 17.4. The minimum absolute atomic E-state index is 0.0396. The van der Waals surface area contributed by atoms with Crippen molar-refractivity contribution in [2.24, 2.45) is 0 Å². The summed E-state index contributed by atoms with van der Waals surface area (Å²) in [6.07, 6.45) is 5.64. The van der Waals surface area contributed by atoms with Gasteiger partial charge >= 0.3 is 0 Å². The SMILES string of the molecule is CNC(=O)Cc1ccc(NC(=O)/C=C/c2ccc(SC)cc2)cc1. The second-order valence-corrected chi connectivity index (χ2v) is 6.02.